The van der Waals surface area contributed by atoms with Crippen LogP contribution in [0, 0.1) is 11.8 Å². The van der Waals surface area contributed by atoms with Gasteiger partial charge >= 0.3 is 0 Å². The van der Waals surface area contributed by atoms with E-state index in [-0.39, 0.29) is 5.60 Å². The van der Waals surface area contributed by atoms with E-state index in [0.717, 1.165) is 19.6 Å². The molecule has 0 radical (unpaired) electrons. The van der Waals surface area contributed by atoms with Gasteiger partial charge in [0.2, 0.25) is 0 Å². The molecule has 1 spiro atoms. The Hall–Kier alpha value is -0.170. The van der Waals surface area contributed by atoms with Crippen molar-refractivity contribution in [1.29, 1.82) is 0 Å². The molecule has 0 aromatic carbocycles. The average molecular weight is 225 g/mol. The number of nitrogens with one attached hydrogen (secondary N) is 1. The van der Waals surface area contributed by atoms with Gasteiger partial charge in [-0.05, 0) is 31.9 Å². The van der Waals surface area contributed by atoms with Crippen LogP contribution < -0.4 is 5.32 Å². The van der Waals surface area contributed by atoms with Crippen molar-refractivity contribution in [2.75, 3.05) is 24.7 Å². The first-order chi connectivity index (χ1) is 7.35. The molecule has 0 aromatic rings. The summed E-state index contributed by atoms with van der Waals surface area (Å²) in [5.74, 6) is 8.44. The summed E-state index contributed by atoms with van der Waals surface area (Å²) in [6.07, 6.45) is 3.54. The Morgan fingerprint density at radius 1 is 1.60 bits per heavy atom. The topological polar surface area (TPSA) is 21.3 Å². The molecule has 2 rings (SSSR count). The largest absolute Gasteiger partial charge is 0.374 e. The number of hydrogen-bond acceptors (Lipinski definition) is 3. The molecular formula is C12H19NOS. The molecule has 0 amide bonds. The lowest BCUT2D eigenvalue weighted by Gasteiger charge is -2.37. The molecule has 1 N–H and O–H groups in total. The van der Waals surface area contributed by atoms with E-state index in [9.17, 15) is 0 Å². The molecule has 2 fully saturated rings. The normalized spacial score (nSPS) is 35.1. The molecule has 0 bridgehead atoms. The highest BCUT2D eigenvalue weighted by molar-refractivity contribution is 7.99. The smallest absolute Gasteiger partial charge is 0.0795 e. The van der Waals surface area contributed by atoms with Gasteiger partial charge in [0.15, 0.2) is 0 Å². The number of hydrogen-bond donors (Lipinski definition) is 1. The lowest BCUT2D eigenvalue weighted by molar-refractivity contribution is -0.0696. The molecule has 15 heavy (non-hydrogen) atoms. The number of thioether (sulfide) groups is 1. The Balaban J connectivity index is 1.83. The monoisotopic (exact) mass is 225 g/mol. The van der Waals surface area contributed by atoms with E-state index >= 15 is 0 Å². The van der Waals surface area contributed by atoms with Gasteiger partial charge in [-0.1, -0.05) is 5.92 Å². The first-order valence-corrected chi connectivity index (χ1v) is 6.85. The molecule has 0 aliphatic carbocycles. The summed E-state index contributed by atoms with van der Waals surface area (Å²) in [7, 11) is 0. The first kappa shape index (κ1) is 11.3. The molecule has 0 aromatic heterocycles. The van der Waals surface area contributed by atoms with Gasteiger partial charge in [0.25, 0.3) is 0 Å². The predicted octanol–water partition coefficient (Wildman–Crippen LogP) is 1.65. The molecule has 2 aliphatic rings. The number of rotatable bonds is 2. The van der Waals surface area contributed by atoms with Gasteiger partial charge in [-0.15, -0.1) is 5.92 Å². The maximum absolute atomic E-state index is 5.97. The van der Waals surface area contributed by atoms with Crippen molar-refractivity contribution in [2.45, 2.75) is 37.8 Å². The van der Waals surface area contributed by atoms with Crippen LogP contribution in [0.15, 0.2) is 0 Å². The molecule has 2 nitrogen and oxygen atoms in total. The summed E-state index contributed by atoms with van der Waals surface area (Å²) >= 11 is 2.03. The third-order valence-corrected chi connectivity index (χ3v) is 4.44. The molecule has 84 valence electrons. The van der Waals surface area contributed by atoms with Crippen LogP contribution in [0.2, 0.25) is 0 Å². The zero-order valence-corrected chi connectivity index (χ0v) is 10.2. The fourth-order valence-corrected chi connectivity index (χ4v) is 3.73. The molecule has 2 atom stereocenters. The maximum Gasteiger partial charge on any atom is 0.0795 e. The summed E-state index contributed by atoms with van der Waals surface area (Å²) in [4.78, 5) is 0. The van der Waals surface area contributed by atoms with E-state index in [4.69, 9.17) is 4.74 Å². The summed E-state index contributed by atoms with van der Waals surface area (Å²) in [5.41, 5.74) is 0.195. The van der Waals surface area contributed by atoms with Crippen LogP contribution in [0.4, 0.5) is 0 Å². The van der Waals surface area contributed by atoms with E-state index in [0.29, 0.717) is 6.04 Å². The van der Waals surface area contributed by atoms with E-state index in [1.54, 1.807) is 0 Å². The second-order valence-corrected chi connectivity index (χ2v) is 5.44. The Morgan fingerprint density at radius 3 is 3.27 bits per heavy atom. The van der Waals surface area contributed by atoms with Crippen LogP contribution in [-0.4, -0.2) is 36.3 Å². The summed E-state index contributed by atoms with van der Waals surface area (Å²) in [6, 6.07) is 0.610. The fourth-order valence-electron chi connectivity index (χ4n) is 2.35. The highest BCUT2D eigenvalue weighted by atomic mass is 32.2. The molecule has 2 saturated heterocycles. The third kappa shape index (κ3) is 2.90. The summed E-state index contributed by atoms with van der Waals surface area (Å²) in [6.45, 7) is 3.63. The highest BCUT2D eigenvalue weighted by Gasteiger charge is 2.40. The van der Waals surface area contributed by atoms with E-state index in [1.165, 1.54) is 24.3 Å². The lowest BCUT2D eigenvalue weighted by atomic mass is 9.90. The molecule has 0 saturated carbocycles. The lowest BCUT2D eigenvalue weighted by Crippen LogP contribution is -2.47. The Labute approximate surface area is 96.5 Å². The van der Waals surface area contributed by atoms with Crippen LogP contribution in [-0.2, 0) is 4.74 Å². The van der Waals surface area contributed by atoms with Gasteiger partial charge in [-0.2, -0.15) is 11.8 Å². The van der Waals surface area contributed by atoms with Crippen molar-refractivity contribution < 1.29 is 4.74 Å². The standard InChI is InChI=1S/C12H19NOS/c1-2-3-6-13-11-4-7-14-12(9-11)5-8-15-10-12/h11,13H,4-10H2,1H3. The van der Waals surface area contributed by atoms with Crippen molar-refractivity contribution in [3.05, 3.63) is 0 Å². The molecular weight excluding hydrogens is 206 g/mol. The quantitative estimate of drug-likeness (QED) is 0.722. The second kappa shape index (κ2) is 5.25. The van der Waals surface area contributed by atoms with Gasteiger partial charge in [0.1, 0.15) is 0 Å². The van der Waals surface area contributed by atoms with E-state index in [2.05, 4.69) is 17.2 Å². The minimum atomic E-state index is 0.195. The van der Waals surface area contributed by atoms with Crippen molar-refractivity contribution >= 4 is 11.8 Å². The third-order valence-electron chi connectivity index (χ3n) is 3.22. The van der Waals surface area contributed by atoms with Crippen molar-refractivity contribution in [1.82, 2.24) is 5.32 Å². The first-order valence-electron chi connectivity index (χ1n) is 5.69. The molecule has 2 aliphatic heterocycles. The fraction of sp³-hybridized carbons (Fsp3) is 0.833. The highest BCUT2D eigenvalue weighted by Crippen LogP contribution is 2.38. The Kier molecular flexibility index (Phi) is 3.96. The minimum absolute atomic E-state index is 0.195. The molecule has 2 unspecified atom stereocenters. The van der Waals surface area contributed by atoms with Crippen LogP contribution in [0.25, 0.3) is 0 Å². The van der Waals surface area contributed by atoms with Crippen LogP contribution >= 0.6 is 11.8 Å². The Morgan fingerprint density at radius 2 is 2.53 bits per heavy atom. The van der Waals surface area contributed by atoms with Gasteiger partial charge < -0.3 is 10.1 Å². The van der Waals surface area contributed by atoms with E-state index in [1.807, 2.05) is 18.7 Å². The van der Waals surface area contributed by atoms with Gasteiger partial charge in [0, 0.05) is 18.4 Å². The van der Waals surface area contributed by atoms with Crippen LogP contribution in [0.5, 0.6) is 0 Å². The summed E-state index contributed by atoms with van der Waals surface area (Å²) in [5, 5.41) is 3.51. The van der Waals surface area contributed by atoms with Crippen LogP contribution in [0.3, 0.4) is 0 Å². The minimum Gasteiger partial charge on any atom is -0.374 e. The zero-order chi connectivity index (χ0) is 10.6. The summed E-state index contributed by atoms with van der Waals surface area (Å²) < 4.78 is 5.97. The Bertz CT molecular complexity index is 263. The SMILES string of the molecule is CC#CCNC1CCOC2(CCSC2)C1. The van der Waals surface area contributed by atoms with Crippen molar-refractivity contribution in [3.63, 3.8) is 0 Å². The van der Waals surface area contributed by atoms with Crippen LogP contribution in [0.1, 0.15) is 26.2 Å². The zero-order valence-electron chi connectivity index (χ0n) is 9.34. The maximum atomic E-state index is 5.97. The van der Waals surface area contributed by atoms with Gasteiger partial charge in [0.05, 0.1) is 12.1 Å². The van der Waals surface area contributed by atoms with Crippen molar-refractivity contribution in [3.8, 4) is 11.8 Å². The molecule has 3 heteroatoms. The van der Waals surface area contributed by atoms with Gasteiger partial charge in [-0.25, -0.2) is 0 Å². The van der Waals surface area contributed by atoms with E-state index < -0.39 is 0 Å². The number of ether oxygens (including phenoxy) is 1. The predicted molar refractivity (Wildman–Crippen MR) is 65.1 cm³/mol. The second-order valence-electron chi connectivity index (χ2n) is 4.33. The molecule has 2 heterocycles. The van der Waals surface area contributed by atoms with Crippen molar-refractivity contribution in [2.24, 2.45) is 0 Å². The van der Waals surface area contributed by atoms with Gasteiger partial charge in [-0.3, -0.25) is 0 Å². The average Bonchev–Trinajstić information content (AvgIpc) is 2.67.